The maximum Gasteiger partial charge on any atom is 0.00223 e. The topological polar surface area (TPSA) is 38.0 Å². The third-order valence-corrected chi connectivity index (χ3v) is 2.28. The molecule has 0 amide bonds. The lowest BCUT2D eigenvalue weighted by Gasteiger charge is -2.15. The number of hydrogen-bond donors (Lipinski definition) is 2. The third kappa shape index (κ3) is 1.96. The van der Waals surface area contributed by atoms with Crippen molar-refractivity contribution in [3.05, 3.63) is 0 Å². The fourth-order valence-corrected chi connectivity index (χ4v) is 1.05. The molecule has 2 nitrogen and oxygen atoms in total. The van der Waals surface area contributed by atoms with Crippen molar-refractivity contribution >= 4 is 0 Å². The van der Waals surface area contributed by atoms with Crippen LogP contribution < -0.4 is 11.1 Å². The van der Waals surface area contributed by atoms with Gasteiger partial charge in [-0.15, -0.1) is 0 Å². The van der Waals surface area contributed by atoms with Crippen LogP contribution in [0, 0.1) is 5.41 Å². The highest BCUT2D eigenvalue weighted by atomic mass is 14.9. The Morgan fingerprint density at radius 1 is 1.50 bits per heavy atom. The van der Waals surface area contributed by atoms with E-state index in [1.54, 1.807) is 0 Å². The molecule has 0 atom stereocenters. The minimum Gasteiger partial charge on any atom is -0.330 e. The van der Waals surface area contributed by atoms with Crippen LogP contribution in [0.5, 0.6) is 0 Å². The molecular weight excluding hydrogens is 124 g/mol. The SMILES string of the molecule is CC(C)NCC1(CN)CC1. The second kappa shape index (κ2) is 2.89. The van der Waals surface area contributed by atoms with Gasteiger partial charge in [0.25, 0.3) is 0 Å². The maximum absolute atomic E-state index is 5.62. The van der Waals surface area contributed by atoms with Gasteiger partial charge in [-0.1, -0.05) is 13.8 Å². The predicted molar refractivity (Wildman–Crippen MR) is 43.9 cm³/mol. The summed E-state index contributed by atoms with van der Waals surface area (Å²) in [7, 11) is 0. The Labute approximate surface area is 63.2 Å². The molecule has 0 aromatic heterocycles. The lowest BCUT2D eigenvalue weighted by molar-refractivity contribution is 0.440. The highest BCUT2D eigenvalue weighted by molar-refractivity contribution is 4.95. The normalized spacial score (nSPS) is 21.6. The summed E-state index contributed by atoms with van der Waals surface area (Å²) in [5, 5.41) is 3.42. The largest absolute Gasteiger partial charge is 0.330 e. The molecule has 1 rings (SSSR count). The summed E-state index contributed by atoms with van der Waals surface area (Å²) in [5.74, 6) is 0. The molecule has 1 saturated carbocycles. The summed E-state index contributed by atoms with van der Waals surface area (Å²) in [6.07, 6.45) is 2.65. The Balaban J connectivity index is 2.13. The van der Waals surface area contributed by atoms with E-state index in [1.165, 1.54) is 12.8 Å². The molecule has 0 saturated heterocycles. The molecule has 0 heterocycles. The highest BCUT2D eigenvalue weighted by Gasteiger charge is 2.40. The van der Waals surface area contributed by atoms with Crippen LogP contribution >= 0.6 is 0 Å². The van der Waals surface area contributed by atoms with E-state index >= 15 is 0 Å². The van der Waals surface area contributed by atoms with Crippen molar-refractivity contribution in [3.8, 4) is 0 Å². The Morgan fingerprint density at radius 3 is 2.40 bits per heavy atom. The van der Waals surface area contributed by atoms with Crippen LogP contribution in [-0.4, -0.2) is 19.1 Å². The first-order valence-corrected chi connectivity index (χ1v) is 4.12. The maximum atomic E-state index is 5.62. The highest BCUT2D eigenvalue weighted by Crippen LogP contribution is 2.43. The molecule has 10 heavy (non-hydrogen) atoms. The lowest BCUT2D eigenvalue weighted by atomic mass is 10.1. The molecule has 0 spiro atoms. The fourth-order valence-electron chi connectivity index (χ4n) is 1.05. The number of nitrogens with one attached hydrogen (secondary N) is 1. The first-order valence-electron chi connectivity index (χ1n) is 4.12. The molecule has 2 heteroatoms. The zero-order chi connectivity index (χ0) is 7.61. The Bertz CT molecular complexity index is 106. The van der Waals surface area contributed by atoms with Gasteiger partial charge in [0.15, 0.2) is 0 Å². The standard InChI is InChI=1S/C8H18N2/c1-7(2)10-6-8(5-9)3-4-8/h7,10H,3-6,9H2,1-2H3. The van der Waals surface area contributed by atoms with Gasteiger partial charge in [0.1, 0.15) is 0 Å². The quantitative estimate of drug-likeness (QED) is 0.607. The van der Waals surface area contributed by atoms with E-state index in [0.29, 0.717) is 11.5 Å². The lowest BCUT2D eigenvalue weighted by Crippen LogP contribution is -2.33. The van der Waals surface area contributed by atoms with Crippen molar-refractivity contribution < 1.29 is 0 Å². The summed E-state index contributed by atoms with van der Waals surface area (Å²) < 4.78 is 0. The van der Waals surface area contributed by atoms with Crippen LogP contribution in [0.4, 0.5) is 0 Å². The zero-order valence-electron chi connectivity index (χ0n) is 6.98. The molecule has 0 bridgehead atoms. The second-order valence-electron chi connectivity index (χ2n) is 3.74. The average molecular weight is 142 g/mol. The monoisotopic (exact) mass is 142 g/mol. The van der Waals surface area contributed by atoms with Gasteiger partial charge >= 0.3 is 0 Å². The van der Waals surface area contributed by atoms with Gasteiger partial charge in [-0.3, -0.25) is 0 Å². The van der Waals surface area contributed by atoms with Gasteiger partial charge in [-0.05, 0) is 24.8 Å². The summed E-state index contributed by atoms with van der Waals surface area (Å²) >= 11 is 0. The van der Waals surface area contributed by atoms with Crippen molar-refractivity contribution in [3.63, 3.8) is 0 Å². The van der Waals surface area contributed by atoms with Crippen molar-refractivity contribution in [2.45, 2.75) is 32.7 Å². The molecule has 0 aromatic rings. The van der Waals surface area contributed by atoms with Crippen LogP contribution in [-0.2, 0) is 0 Å². The first-order chi connectivity index (χ1) is 4.68. The van der Waals surface area contributed by atoms with Crippen molar-refractivity contribution in [1.82, 2.24) is 5.32 Å². The summed E-state index contributed by atoms with van der Waals surface area (Å²) in [4.78, 5) is 0. The average Bonchev–Trinajstić information content (AvgIpc) is 2.64. The molecule has 60 valence electrons. The molecule has 1 aliphatic carbocycles. The number of hydrogen-bond acceptors (Lipinski definition) is 2. The van der Waals surface area contributed by atoms with E-state index in [9.17, 15) is 0 Å². The van der Waals surface area contributed by atoms with Crippen LogP contribution in [0.2, 0.25) is 0 Å². The van der Waals surface area contributed by atoms with Gasteiger partial charge < -0.3 is 11.1 Å². The number of rotatable bonds is 4. The van der Waals surface area contributed by atoms with Gasteiger partial charge in [-0.25, -0.2) is 0 Å². The molecular formula is C8H18N2. The van der Waals surface area contributed by atoms with E-state index in [1.807, 2.05) is 0 Å². The first kappa shape index (κ1) is 8.02. The fraction of sp³-hybridized carbons (Fsp3) is 1.00. The van der Waals surface area contributed by atoms with E-state index in [2.05, 4.69) is 19.2 Å². The summed E-state index contributed by atoms with van der Waals surface area (Å²) in [5.41, 5.74) is 6.11. The van der Waals surface area contributed by atoms with Crippen LogP contribution in [0.3, 0.4) is 0 Å². The molecule has 1 fully saturated rings. The molecule has 3 N–H and O–H groups in total. The minimum absolute atomic E-state index is 0.490. The molecule has 0 unspecified atom stereocenters. The van der Waals surface area contributed by atoms with Crippen LogP contribution in [0.25, 0.3) is 0 Å². The van der Waals surface area contributed by atoms with E-state index in [-0.39, 0.29) is 0 Å². The second-order valence-corrected chi connectivity index (χ2v) is 3.74. The van der Waals surface area contributed by atoms with Crippen LogP contribution in [0.1, 0.15) is 26.7 Å². The van der Waals surface area contributed by atoms with E-state index in [0.717, 1.165) is 13.1 Å². The van der Waals surface area contributed by atoms with E-state index < -0.39 is 0 Å². The van der Waals surface area contributed by atoms with Crippen molar-refractivity contribution in [2.75, 3.05) is 13.1 Å². The smallest absolute Gasteiger partial charge is 0.00223 e. The van der Waals surface area contributed by atoms with Gasteiger partial charge in [-0.2, -0.15) is 0 Å². The summed E-state index contributed by atoms with van der Waals surface area (Å²) in [6, 6.07) is 0.601. The Kier molecular flexibility index (Phi) is 2.32. The van der Waals surface area contributed by atoms with Gasteiger partial charge in [0.2, 0.25) is 0 Å². The Hall–Kier alpha value is -0.0800. The van der Waals surface area contributed by atoms with Gasteiger partial charge in [0.05, 0.1) is 0 Å². The predicted octanol–water partition coefficient (Wildman–Crippen LogP) is 0.723. The van der Waals surface area contributed by atoms with E-state index in [4.69, 9.17) is 5.73 Å². The molecule has 1 aliphatic rings. The molecule has 0 radical (unpaired) electrons. The van der Waals surface area contributed by atoms with Crippen molar-refractivity contribution in [1.29, 1.82) is 0 Å². The van der Waals surface area contributed by atoms with Crippen LogP contribution in [0.15, 0.2) is 0 Å². The van der Waals surface area contributed by atoms with Crippen molar-refractivity contribution in [2.24, 2.45) is 11.1 Å². The number of nitrogens with two attached hydrogens (primary N) is 1. The third-order valence-electron chi connectivity index (χ3n) is 2.28. The Morgan fingerprint density at radius 2 is 2.10 bits per heavy atom. The van der Waals surface area contributed by atoms with Gasteiger partial charge in [0, 0.05) is 12.6 Å². The summed E-state index contributed by atoms with van der Waals surface area (Å²) in [6.45, 7) is 6.31. The zero-order valence-corrected chi connectivity index (χ0v) is 6.98. The molecule has 0 aromatic carbocycles. The molecule has 0 aliphatic heterocycles. The minimum atomic E-state index is 0.490.